The molecule has 3 aromatic rings. The van der Waals surface area contributed by atoms with Crippen LogP contribution in [0.3, 0.4) is 0 Å². The number of pyridine rings is 1. The van der Waals surface area contributed by atoms with Gasteiger partial charge in [0.2, 0.25) is 0 Å². The third-order valence-corrected chi connectivity index (χ3v) is 2.95. The highest BCUT2D eigenvalue weighted by Gasteiger charge is 2.07. The largest absolute Gasteiger partial charge is 0.456 e. The van der Waals surface area contributed by atoms with E-state index in [0.717, 1.165) is 16.6 Å². The van der Waals surface area contributed by atoms with E-state index in [1.807, 2.05) is 19.1 Å². The van der Waals surface area contributed by atoms with Gasteiger partial charge in [0.25, 0.3) is 0 Å². The molecule has 0 spiro atoms. The maximum absolute atomic E-state index is 13.2. The van der Waals surface area contributed by atoms with Gasteiger partial charge in [-0.15, -0.1) is 0 Å². The van der Waals surface area contributed by atoms with E-state index in [-0.39, 0.29) is 5.82 Å². The molecular formula is C16H13FN2O. The minimum atomic E-state index is -0.336. The molecule has 2 aromatic carbocycles. The Kier molecular flexibility index (Phi) is 2.99. The minimum Gasteiger partial charge on any atom is -0.456 e. The molecule has 0 aliphatic heterocycles. The molecule has 0 fully saturated rings. The lowest BCUT2D eigenvalue weighted by atomic mass is 10.1. The number of aryl methyl sites for hydroxylation is 1. The zero-order valence-electron chi connectivity index (χ0n) is 10.9. The first-order valence-electron chi connectivity index (χ1n) is 6.22. The van der Waals surface area contributed by atoms with Gasteiger partial charge in [0.15, 0.2) is 0 Å². The molecule has 0 atom stereocenters. The Morgan fingerprint density at radius 3 is 2.75 bits per heavy atom. The average molecular weight is 268 g/mol. The van der Waals surface area contributed by atoms with Crippen LogP contribution >= 0.6 is 0 Å². The molecule has 0 radical (unpaired) electrons. The Balaban J connectivity index is 2.12. The van der Waals surface area contributed by atoms with E-state index < -0.39 is 0 Å². The molecule has 4 heteroatoms. The zero-order chi connectivity index (χ0) is 14.1. The third-order valence-electron chi connectivity index (χ3n) is 2.95. The van der Waals surface area contributed by atoms with Gasteiger partial charge >= 0.3 is 0 Å². The van der Waals surface area contributed by atoms with Crippen LogP contribution in [0.2, 0.25) is 0 Å². The van der Waals surface area contributed by atoms with Crippen molar-refractivity contribution < 1.29 is 9.13 Å². The van der Waals surface area contributed by atoms with Gasteiger partial charge in [0.05, 0.1) is 5.52 Å². The van der Waals surface area contributed by atoms with Crippen molar-refractivity contribution in [1.82, 2.24) is 4.98 Å². The Labute approximate surface area is 115 Å². The van der Waals surface area contributed by atoms with E-state index in [2.05, 4.69) is 4.98 Å². The molecule has 100 valence electrons. The minimum absolute atomic E-state index is 0.336. The van der Waals surface area contributed by atoms with Crippen molar-refractivity contribution in [3.05, 3.63) is 60.0 Å². The molecule has 1 heterocycles. The fourth-order valence-electron chi connectivity index (χ4n) is 2.08. The summed E-state index contributed by atoms with van der Waals surface area (Å²) in [5.74, 6) is 0.724. The van der Waals surface area contributed by atoms with Crippen LogP contribution in [0.25, 0.3) is 10.9 Å². The molecule has 0 aliphatic rings. The lowest BCUT2D eigenvalue weighted by Gasteiger charge is -2.10. The summed E-state index contributed by atoms with van der Waals surface area (Å²) in [6.45, 7) is 1.88. The predicted molar refractivity (Wildman–Crippen MR) is 77.4 cm³/mol. The molecule has 3 nitrogen and oxygen atoms in total. The number of nitrogen functional groups attached to an aromatic ring is 1. The Hall–Kier alpha value is -2.62. The third kappa shape index (κ3) is 2.40. The van der Waals surface area contributed by atoms with Crippen LogP contribution in [0, 0.1) is 12.7 Å². The van der Waals surface area contributed by atoms with Crippen LogP contribution in [0.1, 0.15) is 5.69 Å². The number of halogens is 1. The number of aromatic nitrogens is 1. The summed E-state index contributed by atoms with van der Waals surface area (Å²) in [5.41, 5.74) is 8.06. The molecule has 20 heavy (non-hydrogen) atoms. The number of nitrogens with zero attached hydrogens (tertiary/aromatic N) is 1. The Morgan fingerprint density at radius 2 is 1.95 bits per heavy atom. The summed E-state index contributed by atoms with van der Waals surface area (Å²) < 4.78 is 19.0. The second-order valence-corrected chi connectivity index (χ2v) is 4.60. The van der Waals surface area contributed by atoms with Gasteiger partial charge in [-0.1, -0.05) is 6.07 Å². The number of nitrogens with two attached hydrogens (primary N) is 1. The van der Waals surface area contributed by atoms with Crippen LogP contribution in [0.4, 0.5) is 10.1 Å². The molecule has 0 amide bonds. The number of anilines is 1. The number of fused-ring (bicyclic) bond motifs is 1. The summed E-state index contributed by atoms with van der Waals surface area (Å²) in [6.07, 6.45) is 0. The van der Waals surface area contributed by atoms with Gasteiger partial charge in [-0.2, -0.15) is 0 Å². The van der Waals surface area contributed by atoms with Crippen molar-refractivity contribution in [3.63, 3.8) is 0 Å². The SMILES string of the molecule is Cc1cc(Oc2cccc(F)c2)c2cc(N)ccc2n1. The Morgan fingerprint density at radius 1 is 1.10 bits per heavy atom. The molecular weight excluding hydrogens is 255 g/mol. The van der Waals surface area contributed by atoms with Gasteiger partial charge in [-0.05, 0) is 37.3 Å². The quantitative estimate of drug-likeness (QED) is 0.713. The highest BCUT2D eigenvalue weighted by Crippen LogP contribution is 2.31. The summed E-state index contributed by atoms with van der Waals surface area (Å²) in [5, 5.41) is 0.805. The molecule has 1 aromatic heterocycles. The highest BCUT2D eigenvalue weighted by molar-refractivity contribution is 5.88. The number of hydrogen-bond acceptors (Lipinski definition) is 3. The summed E-state index contributed by atoms with van der Waals surface area (Å²) in [6, 6.07) is 13.3. The van der Waals surface area contributed by atoms with Gasteiger partial charge < -0.3 is 10.5 Å². The van der Waals surface area contributed by atoms with Crippen molar-refractivity contribution in [3.8, 4) is 11.5 Å². The molecule has 0 saturated heterocycles. The lowest BCUT2D eigenvalue weighted by molar-refractivity contribution is 0.481. The van der Waals surface area contributed by atoms with Crippen LogP contribution in [-0.4, -0.2) is 4.98 Å². The van der Waals surface area contributed by atoms with Crippen molar-refractivity contribution in [1.29, 1.82) is 0 Å². The first-order chi connectivity index (χ1) is 9.61. The smallest absolute Gasteiger partial charge is 0.138 e. The van der Waals surface area contributed by atoms with Crippen LogP contribution < -0.4 is 10.5 Å². The highest BCUT2D eigenvalue weighted by atomic mass is 19.1. The summed E-state index contributed by atoms with van der Waals surface area (Å²) in [4.78, 5) is 4.43. The standard InChI is InChI=1S/C16H13FN2O/c1-10-7-16(20-13-4-2-3-11(17)8-13)14-9-12(18)5-6-15(14)19-10/h2-9H,18H2,1H3. The Bertz CT molecular complexity index is 787. The molecule has 3 rings (SSSR count). The first kappa shape index (κ1) is 12.4. The molecule has 2 N–H and O–H groups in total. The predicted octanol–water partition coefficient (Wildman–Crippen LogP) is 4.06. The fraction of sp³-hybridized carbons (Fsp3) is 0.0625. The molecule has 0 aliphatic carbocycles. The normalized spacial score (nSPS) is 10.7. The van der Waals surface area contributed by atoms with Crippen LogP contribution in [-0.2, 0) is 0 Å². The van der Waals surface area contributed by atoms with E-state index in [0.29, 0.717) is 17.2 Å². The van der Waals surface area contributed by atoms with Crippen molar-refractivity contribution >= 4 is 16.6 Å². The lowest BCUT2D eigenvalue weighted by Crippen LogP contribution is -1.92. The fourth-order valence-corrected chi connectivity index (χ4v) is 2.08. The van der Waals surface area contributed by atoms with E-state index in [9.17, 15) is 4.39 Å². The summed E-state index contributed by atoms with van der Waals surface area (Å²) in [7, 11) is 0. The zero-order valence-corrected chi connectivity index (χ0v) is 10.9. The second kappa shape index (κ2) is 4.81. The van der Waals surface area contributed by atoms with Gasteiger partial charge in [-0.3, -0.25) is 4.98 Å². The first-order valence-corrected chi connectivity index (χ1v) is 6.22. The van der Waals surface area contributed by atoms with Crippen LogP contribution in [0.5, 0.6) is 11.5 Å². The topological polar surface area (TPSA) is 48.1 Å². The van der Waals surface area contributed by atoms with Crippen LogP contribution in [0.15, 0.2) is 48.5 Å². The molecule has 0 saturated carbocycles. The van der Waals surface area contributed by atoms with Gasteiger partial charge in [-0.25, -0.2) is 4.39 Å². The molecule has 0 unspecified atom stereocenters. The second-order valence-electron chi connectivity index (χ2n) is 4.60. The van der Waals surface area contributed by atoms with Crippen molar-refractivity contribution in [2.75, 3.05) is 5.73 Å². The van der Waals surface area contributed by atoms with E-state index >= 15 is 0 Å². The molecule has 0 bridgehead atoms. The number of ether oxygens (including phenoxy) is 1. The van der Waals surface area contributed by atoms with E-state index in [1.54, 1.807) is 24.3 Å². The maximum Gasteiger partial charge on any atom is 0.138 e. The monoisotopic (exact) mass is 268 g/mol. The van der Waals surface area contributed by atoms with E-state index in [1.165, 1.54) is 12.1 Å². The number of benzene rings is 2. The van der Waals surface area contributed by atoms with Crippen molar-refractivity contribution in [2.24, 2.45) is 0 Å². The maximum atomic E-state index is 13.2. The summed E-state index contributed by atoms with van der Waals surface area (Å²) >= 11 is 0. The van der Waals surface area contributed by atoms with Gasteiger partial charge in [0.1, 0.15) is 17.3 Å². The average Bonchev–Trinajstić information content (AvgIpc) is 2.39. The number of hydrogen-bond donors (Lipinski definition) is 1. The number of rotatable bonds is 2. The van der Waals surface area contributed by atoms with Gasteiger partial charge in [0, 0.05) is 28.9 Å². The van der Waals surface area contributed by atoms with E-state index in [4.69, 9.17) is 10.5 Å². The van der Waals surface area contributed by atoms with Crippen molar-refractivity contribution in [2.45, 2.75) is 6.92 Å².